The fraction of sp³-hybridized carbons (Fsp3) is 0.222. The highest BCUT2D eigenvalue weighted by atomic mass is 19.3. The van der Waals surface area contributed by atoms with Gasteiger partial charge < -0.3 is 15.2 Å². The highest BCUT2D eigenvalue weighted by molar-refractivity contribution is 5.97. The number of nitriles is 1. The summed E-state index contributed by atoms with van der Waals surface area (Å²) in [6.45, 7) is 0.742. The fourth-order valence-corrected chi connectivity index (χ4v) is 2.01. The Morgan fingerprint density at radius 3 is 2.54 bits per heavy atom. The van der Waals surface area contributed by atoms with Crippen molar-refractivity contribution in [2.24, 2.45) is 0 Å². The number of aliphatic hydroxyl groups is 1. The van der Waals surface area contributed by atoms with Gasteiger partial charge in [0.25, 0.3) is 12.3 Å². The van der Waals surface area contributed by atoms with E-state index in [2.05, 4.69) is 5.32 Å². The Hall–Kier alpha value is -3.05. The quantitative estimate of drug-likeness (QED) is 0.823. The van der Waals surface area contributed by atoms with Gasteiger partial charge in [-0.3, -0.25) is 4.79 Å². The van der Waals surface area contributed by atoms with E-state index in [9.17, 15) is 23.1 Å². The number of hydrogen-bond donors (Lipinski definition) is 2. The number of alkyl halides is 2. The predicted molar refractivity (Wildman–Crippen MR) is 87.3 cm³/mol. The zero-order valence-electron chi connectivity index (χ0n) is 13.7. The molecule has 8 heteroatoms. The van der Waals surface area contributed by atoms with Crippen LogP contribution in [-0.2, 0) is 4.79 Å². The molecule has 0 fully saturated rings. The number of halogens is 3. The van der Waals surface area contributed by atoms with Gasteiger partial charge in [0.15, 0.2) is 5.60 Å². The second-order valence-corrected chi connectivity index (χ2v) is 5.69. The number of carbonyl (C=O) groups excluding carboxylic acids is 1. The molecule has 0 aliphatic heterocycles. The summed E-state index contributed by atoms with van der Waals surface area (Å²) in [5, 5.41) is 21.3. The van der Waals surface area contributed by atoms with Gasteiger partial charge in [-0.05, 0) is 49.4 Å². The Balaban J connectivity index is 2.06. The monoisotopic (exact) mass is 364 g/mol. The lowest BCUT2D eigenvalue weighted by atomic mass is 10.1. The topological polar surface area (TPSA) is 82.3 Å². The van der Waals surface area contributed by atoms with Crippen LogP contribution < -0.4 is 10.1 Å². The summed E-state index contributed by atoms with van der Waals surface area (Å²) in [7, 11) is 0. The molecule has 2 aromatic carbocycles. The van der Waals surface area contributed by atoms with Gasteiger partial charge in [0.1, 0.15) is 18.2 Å². The van der Waals surface area contributed by atoms with Gasteiger partial charge in [-0.25, -0.2) is 13.2 Å². The Kier molecular flexibility index (Phi) is 5.85. The number of carbonyl (C=O) groups is 1. The van der Waals surface area contributed by atoms with E-state index in [1.54, 1.807) is 6.07 Å². The molecular weight excluding hydrogens is 349 g/mol. The fourth-order valence-electron chi connectivity index (χ4n) is 2.01. The normalized spacial score (nSPS) is 13.0. The molecule has 2 N–H and O–H groups in total. The zero-order valence-corrected chi connectivity index (χ0v) is 13.7. The first-order chi connectivity index (χ1) is 12.2. The predicted octanol–water partition coefficient (Wildman–Crippen LogP) is 3.40. The Morgan fingerprint density at radius 2 is 1.96 bits per heavy atom. The summed E-state index contributed by atoms with van der Waals surface area (Å²) >= 11 is 0. The Labute approximate surface area is 147 Å². The molecule has 26 heavy (non-hydrogen) atoms. The van der Waals surface area contributed by atoms with Crippen LogP contribution in [0.3, 0.4) is 0 Å². The minimum absolute atomic E-state index is 0.00589. The maximum Gasteiger partial charge on any atom is 0.265 e. The molecule has 0 aromatic heterocycles. The molecule has 2 aromatic rings. The van der Waals surface area contributed by atoms with Crippen LogP contribution in [0.25, 0.3) is 0 Å². The van der Waals surface area contributed by atoms with Crippen molar-refractivity contribution in [3.63, 3.8) is 0 Å². The van der Waals surface area contributed by atoms with Gasteiger partial charge in [0.2, 0.25) is 0 Å². The third-order valence-electron chi connectivity index (χ3n) is 3.49. The summed E-state index contributed by atoms with van der Waals surface area (Å²) in [6.07, 6.45) is -2.89. The van der Waals surface area contributed by atoms with Crippen molar-refractivity contribution in [3.05, 3.63) is 59.4 Å². The van der Waals surface area contributed by atoms with Crippen LogP contribution in [0.5, 0.6) is 5.75 Å². The van der Waals surface area contributed by atoms with Crippen LogP contribution in [0.15, 0.2) is 42.5 Å². The van der Waals surface area contributed by atoms with Crippen LogP contribution in [-0.4, -0.2) is 23.2 Å². The van der Waals surface area contributed by atoms with E-state index in [4.69, 9.17) is 10.00 Å². The highest BCUT2D eigenvalue weighted by Gasteiger charge is 2.31. The standard InChI is InChI=1S/C18H15F3N2O3/c1-18(25,10-26-14-6-3-12(19)4-7-14)17(24)23-13-5-2-11(9-22)15(8-13)16(20)21/h2-8,16,25H,10H2,1H3,(H,23,24)/t18-/m0/s1. The first-order valence-electron chi connectivity index (χ1n) is 7.47. The first kappa shape index (κ1) is 19.3. The molecule has 0 aliphatic rings. The van der Waals surface area contributed by atoms with Gasteiger partial charge in [-0.2, -0.15) is 5.26 Å². The van der Waals surface area contributed by atoms with Crippen molar-refractivity contribution in [2.75, 3.05) is 11.9 Å². The minimum Gasteiger partial charge on any atom is -0.490 e. The van der Waals surface area contributed by atoms with Gasteiger partial charge in [-0.15, -0.1) is 0 Å². The number of benzene rings is 2. The number of rotatable bonds is 6. The average Bonchev–Trinajstić information content (AvgIpc) is 2.61. The van der Waals surface area contributed by atoms with Crippen molar-refractivity contribution >= 4 is 11.6 Å². The molecule has 136 valence electrons. The van der Waals surface area contributed by atoms with Crippen LogP contribution >= 0.6 is 0 Å². The summed E-state index contributed by atoms with van der Waals surface area (Å²) < 4.78 is 44.0. The third kappa shape index (κ3) is 4.74. The lowest BCUT2D eigenvalue weighted by Gasteiger charge is -2.22. The van der Waals surface area contributed by atoms with E-state index in [-0.39, 0.29) is 17.0 Å². The van der Waals surface area contributed by atoms with E-state index < -0.39 is 35.9 Å². The number of hydrogen-bond acceptors (Lipinski definition) is 4. The summed E-state index contributed by atoms with van der Waals surface area (Å²) in [6, 6.07) is 10.0. The number of nitrogens with one attached hydrogen (secondary N) is 1. The van der Waals surface area contributed by atoms with Crippen molar-refractivity contribution in [3.8, 4) is 11.8 Å². The largest absolute Gasteiger partial charge is 0.490 e. The molecule has 0 spiro atoms. The van der Waals surface area contributed by atoms with Crippen molar-refractivity contribution in [1.29, 1.82) is 5.26 Å². The minimum atomic E-state index is -2.89. The highest BCUT2D eigenvalue weighted by Crippen LogP contribution is 2.26. The van der Waals surface area contributed by atoms with Crippen LogP contribution in [0.2, 0.25) is 0 Å². The number of anilines is 1. The lowest BCUT2D eigenvalue weighted by molar-refractivity contribution is -0.135. The van der Waals surface area contributed by atoms with Gasteiger partial charge in [-0.1, -0.05) is 0 Å². The Bertz CT molecular complexity index is 831. The number of ether oxygens (including phenoxy) is 1. The number of amides is 1. The van der Waals surface area contributed by atoms with E-state index in [1.165, 1.54) is 25.1 Å². The van der Waals surface area contributed by atoms with Crippen molar-refractivity contribution < 1.29 is 27.8 Å². The average molecular weight is 364 g/mol. The molecular formula is C18H15F3N2O3. The van der Waals surface area contributed by atoms with Crippen LogP contribution in [0.1, 0.15) is 24.5 Å². The van der Waals surface area contributed by atoms with Crippen LogP contribution in [0, 0.1) is 17.1 Å². The van der Waals surface area contributed by atoms with Gasteiger partial charge >= 0.3 is 0 Å². The van der Waals surface area contributed by atoms with E-state index >= 15 is 0 Å². The maximum absolute atomic E-state index is 12.9. The SMILES string of the molecule is C[C@](O)(COc1ccc(F)cc1)C(=O)Nc1ccc(C#N)c(C(F)F)c1. The smallest absolute Gasteiger partial charge is 0.265 e. The zero-order chi connectivity index (χ0) is 19.3. The molecule has 0 radical (unpaired) electrons. The van der Waals surface area contributed by atoms with Crippen molar-refractivity contribution in [1.82, 2.24) is 0 Å². The first-order valence-corrected chi connectivity index (χ1v) is 7.47. The third-order valence-corrected chi connectivity index (χ3v) is 3.49. The molecule has 0 saturated carbocycles. The molecule has 0 unspecified atom stereocenters. The molecule has 1 atom stereocenters. The molecule has 5 nitrogen and oxygen atoms in total. The summed E-state index contributed by atoms with van der Waals surface area (Å²) in [5.74, 6) is -1.10. The molecule has 0 aliphatic carbocycles. The van der Waals surface area contributed by atoms with Gasteiger partial charge in [0, 0.05) is 11.3 Å². The second-order valence-electron chi connectivity index (χ2n) is 5.69. The van der Waals surface area contributed by atoms with Gasteiger partial charge in [0.05, 0.1) is 11.6 Å². The molecule has 0 saturated heterocycles. The second kappa shape index (κ2) is 7.89. The number of nitrogens with zero attached hydrogens (tertiary/aromatic N) is 1. The van der Waals surface area contributed by atoms with Crippen molar-refractivity contribution in [2.45, 2.75) is 19.0 Å². The summed E-state index contributed by atoms with van der Waals surface area (Å²) in [4.78, 5) is 12.2. The summed E-state index contributed by atoms with van der Waals surface area (Å²) in [5.41, 5.74) is -2.70. The molecule has 2 rings (SSSR count). The molecule has 0 heterocycles. The van der Waals surface area contributed by atoms with E-state index in [0.717, 1.165) is 24.3 Å². The maximum atomic E-state index is 12.9. The van der Waals surface area contributed by atoms with E-state index in [0.29, 0.717) is 0 Å². The molecule has 1 amide bonds. The lowest BCUT2D eigenvalue weighted by Crippen LogP contribution is -2.45. The van der Waals surface area contributed by atoms with Crippen LogP contribution in [0.4, 0.5) is 18.9 Å². The Morgan fingerprint density at radius 1 is 1.31 bits per heavy atom. The molecule has 0 bridgehead atoms. The van der Waals surface area contributed by atoms with E-state index in [1.807, 2.05) is 0 Å².